The minimum atomic E-state index is -0.322. The Kier molecular flexibility index (Phi) is 5.79. The van der Waals surface area contributed by atoms with Gasteiger partial charge in [-0.1, -0.05) is 12.2 Å². The Labute approximate surface area is 73.3 Å². The van der Waals surface area contributed by atoms with Gasteiger partial charge in [-0.15, -0.1) is 13.2 Å². The van der Waals surface area contributed by atoms with E-state index >= 15 is 0 Å². The van der Waals surface area contributed by atoms with E-state index in [1.807, 2.05) is 0 Å². The summed E-state index contributed by atoms with van der Waals surface area (Å²) in [6.07, 6.45) is 2.98. The molecule has 0 aliphatic carbocycles. The molecule has 0 saturated heterocycles. The van der Waals surface area contributed by atoms with E-state index in [2.05, 4.69) is 13.2 Å². The van der Waals surface area contributed by atoms with E-state index in [1.54, 1.807) is 19.1 Å². The average Bonchev–Trinajstić information content (AvgIpc) is 2.04. The Morgan fingerprint density at radius 1 is 1.42 bits per heavy atom. The summed E-state index contributed by atoms with van der Waals surface area (Å²) in [5, 5.41) is 0. The van der Waals surface area contributed by atoms with E-state index in [0.29, 0.717) is 19.7 Å². The largest absolute Gasteiger partial charge is 0.450 e. The Balaban J connectivity index is 3.97. The van der Waals surface area contributed by atoms with Gasteiger partial charge in [-0.3, -0.25) is 0 Å². The highest BCUT2D eigenvalue weighted by atomic mass is 16.6. The highest BCUT2D eigenvalue weighted by Gasteiger charge is 2.09. The van der Waals surface area contributed by atoms with Crippen molar-refractivity contribution in [3.63, 3.8) is 0 Å². The van der Waals surface area contributed by atoms with Crippen LogP contribution in [0.15, 0.2) is 25.3 Å². The van der Waals surface area contributed by atoms with Crippen LogP contribution >= 0.6 is 0 Å². The number of nitrogens with zero attached hydrogens (tertiary/aromatic N) is 1. The van der Waals surface area contributed by atoms with Crippen molar-refractivity contribution in [3.05, 3.63) is 25.3 Å². The quantitative estimate of drug-likeness (QED) is 0.587. The minimum absolute atomic E-state index is 0.322. The monoisotopic (exact) mass is 169 g/mol. The zero-order chi connectivity index (χ0) is 9.40. The molecule has 0 rings (SSSR count). The summed E-state index contributed by atoms with van der Waals surface area (Å²) in [5.74, 6) is 0. The summed E-state index contributed by atoms with van der Waals surface area (Å²) in [4.78, 5) is 12.6. The van der Waals surface area contributed by atoms with Crippen LogP contribution < -0.4 is 0 Å². The lowest BCUT2D eigenvalue weighted by molar-refractivity contribution is 0.115. The maximum atomic E-state index is 11.1. The molecule has 1 amide bonds. The Hall–Kier alpha value is -1.25. The molecule has 3 nitrogen and oxygen atoms in total. The molecule has 0 aromatic rings. The number of hydrogen-bond acceptors (Lipinski definition) is 2. The van der Waals surface area contributed by atoms with Gasteiger partial charge in [-0.05, 0) is 6.92 Å². The van der Waals surface area contributed by atoms with Gasteiger partial charge in [0.15, 0.2) is 0 Å². The number of hydrogen-bond donors (Lipinski definition) is 0. The summed E-state index contributed by atoms with van der Waals surface area (Å²) in [6, 6.07) is 0. The number of amides is 1. The molecule has 3 heteroatoms. The second-order valence-electron chi connectivity index (χ2n) is 2.18. The molecule has 0 aliphatic rings. The van der Waals surface area contributed by atoms with Crippen LogP contribution in [0.4, 0.5) is 4.79 Å². The lowest BCUT2D eigenvalue weighted by Crippen LogP contribution is -2.31. The molecule has 68 valence electrons. The molecule has 0 aliphatic heterocycles. The fraction of sp³-hybridized carbons (Fsp3) is 0.444. The predicted molar refractivity (Wildman–Crippen MR) is 49.0 cm³/mol. The van der Waals surface area contributed by atoms with Crippen LogP contribution in [0.2, 0.25) is 0 Å². The highest BCUT2D eigenvalue weighted by Crippen LogP contribution is 1.94. The number of carbonyl (C=O) groups is 1. The first-order valence-electron chi connectivity index (χ1n) is 3.89. The van der Waals surface area contributed by atoms with Crippen LogP contribution in [0, 0.1) is 0 Å². The summed E-state index contributed by atoms with van der Waals surface area (Å²) in [5.41, 5.74) is 0. The Morgan fingerprint density at radius 3 is 2.25 bits per heavy atom. The molecule has 12 heavy (non-hydrogen) atoms. The molecular weight excluding hydrogens is 154 g/mol. The van der Waals surface area contributed by atoms with Gasteiger partial charge in [-0.25, -0.2) is 4.79 Å². The molecule has 0 atom stereocenters. The lowest BCUT2D eigenvalue weighted by atomic mass is 10.5. The SMILES string of the molecule is C=CCN(CC=C)C(=O)OCC. The molecule has 0 spiro atoms. The molecular formula is C9H15NO2. The van der Waals surface area contributed by atoms with E-state index in [-0.39, 0.29) is 6.09 Å². The van der Waals surface area contributed by atoms with Crippen molar-refractivity contribution in [2.24, 2.45) is 0 Å². The normalized spacial score (nSPS) is 8.75. The summed E-state index contributed by atoms with van der Waals surface area (Å²) in [7, 11) is 0. The summed E-state index contributed by atoms with van der Waals surface area (Å²) in [6.45, 7) is 10.2. The molecule has 0 aromatic carbocycles. The molecule has 0 heterocycles. The molecule has 0 unspecified atom stereocenters. The van der Waals surface area contributed by atoms with Crippen molar-refractivity contribution in [1.29, 1.82) is 0 Å². The summed E-state index contributed by atoms with van der Waals surface area (Å²) < 4.78 is 4.80. The molecule has 0 aromatic heterocycles. The minimum Gasteiger partial charge on any atom is -0.450 e. The molecule has 0 N–H and O–H groups in total. The Bertz CT molecular complexity index is 156. The van der Waals surface area contributed by atoms with Crippen molar-refractivity contribution >= 4 is 6.09 Å². The maximum absolute atomic E-state index is 11.1. The van der Waals surface area contributed by atoms with Crippen molar-refractivity contribution in [2.45, 2.75) is 6.92 Å². The third kappa shape index (κ3) is 3.81. The van der Waals surface area contributed by atoms with Crippen LogP contribution in [-0.4, -0.2) is 30.7 Å². The average molecular weight is 169 g/mol. The Morgan fingerprint density at radius 2 is 1.92 bits per heavy atom. The maximum Gasteiger partial charge on any atom is 0.410 e. The van der Waals surface area contributed by atoms with Gasteiger partial charge in [0.1, 0.15) is 0 Å². The number of rotatable bonds is 5. The zero-order valence-corrected chi connectivity index (χ0v) is 7.45. The second-order valence-corrected chi connectivity index (χ2v) is 2.18. The fourth-order valence-electron chi connectivity index (χ4n) is 0.750. The van der Waals surface area contributed by atoms with Crippen molar-refractivity contribution in [1.82, 2.24) is 4.90 Å². The smallest absolute Gasteiger partial charge is 0.410 e. The first-order valence-corrected chi connectivity index (χ1v) is 3.89. The second kappa shape index (κ2) is 6.46. The van der Waals surface area contributed by atoms with Crippen LogP contribution in [0.3, 0.4) is 0 Å². The van der Waals surface area contributed by atoms with E-state index in [1.165, 1.54) is 4.90 Å². The van der Waals surface area contributed by atoms with Crippen molar-refractivity contribution in [3.8, 4) is 0 Å². The third-order valence-electron chi connectivity index (χ3n) is 1.22. The zero-order valence-electron chi connectivity index (χ0n) is 7.45. The van der Waals surface area contributed by atoms with E-state index in [0.717, 1.165) is 0 Å². The lowest BCUT2D eigenvalue weighted by Gasteiger charge is -2.17. The molecule has 0 radical (unpaired) electrons. The fourth-order valence-corrected chi connectivity index (χ4v) is 0.750. The van der Waals surface area contributed by atoms with Gasteiger partial charge in [0.2, 0.25) is 0 Å². The van der Waals surface area contributed by atoms with Crippen LogP contribution in [-0.2, 0) is 4.74 Å². The topological polar surface area (TPSA) is 29.5 Å². The van der Waals surface area contributed by atoms with E-state index < -0.39 is 0 Å². The van der Waals surface area contributed by atoms with Crippen molar-refractivity contribution in [2.75, 3.05) is 19.7 Å². The van der Waals surface area contributed by atoms with Gasteiger partial charge in [0.25, 0.3) is 0 Å². The van der Waals surface area contributed by atoms with Crippen LogP contribution in [0.5, 0.6) is 0 Å². The van der Waals surface area contributed by atoms with Gasteiger partial charge < -0.3 is 9.64 Å². The molecule has 0 bridgehead atoms. The summed E-state index contributed by atoms with van der Waals surface area (Å²) >= 11 is 0. The highest BCUT2D eigenvalue weighted by molar-refractivity contribution is 5.67. The van der Waals surface area contributed by atoms with Gasteiger partial charge in [0.05, 0.1) is 6.61 Å². The first-order chi connectivity index (χ1) is 5.76. The van der Waals surface area contributed by atoms with Gasteiger partial charge >= 0.3 is 6.09 Å². The number of carbonyl (C=O) groups excluding carboxylic acids is 1. The number of ether oxygens (including phenoxy) is 1. The first kappa shape index (κ1) is 10.8. The van der Waals surface area contributed by atoms with Crippen LogP contribution in [0.25, 0.3) is 0 Å². The molecule has 0 saturated carbocycles. The van der Waals surface area contributed by atoms with E-state index in [4.69, 9.17) is 4.74 Å². The van der Waals surface area contributed by atoms with E-state index in [9.17, 15) is 4.79 Å². The standard InChI is InChI=1S/C9H15NO2/c1-4-7-10(8-5-2)9(11)12-6-3/h4-5H,1-2,6-8H2,3H3. The predicted octanol–water partition coefficient (Wildman–Crippen LogP) is 1.82. The third-order valence-corrected chi connectivity index (χ3v) is 1.22. The van der Waals surface area contributed by atoms with Crippen molar-refractivity contribution < 1.29 is 9.53 Å². The van der Waals surface area contributed by atoms with Gasteiger partial charge in [-0.2, -0.15) is 0 Å². The molecule has 0 fully saturated rings. The van der Waals surface area contributed by atoms with Crippen LogP contribution in [0.1, 0.15) is 6.92 Å². The van der Waals surface area contributed by atoms with Gasteiger partial charge in [0, 0.05) is 13.1 Å².